The second kappa shape index (κ2) is 7.96. The van der Waals surface area contributed by atoms with Crippen LogP contribution in [0.25, 0.3) is 28.1 Å². The molecular weight excluding hydrogens is 392 g/mol. The van der Waals surface area contributed by atoms with Gasteiger partial charge in [-0.25, -0.2) is 4.98 Å². The van der Waals surface area contributed by atoms with Crippen molar-refractivity contribution in [2.45, 2.75) is 25.0 Å². The van der Waals surface area contributed by atoms with Crippen LogP contribution in [0.4, 0.5) is 0 Å². The molecule has 0 spiro atoms. The van der Waals surface area contributed by atoms with Gasteiger partial charge in [0.2, 0.25) is 5.91 Å². The van der Waals surface area contributed by atoms with Gasteiger partial charge in [-0.05, 0) is 37.2 Å². The Hall–Kier alpha value is -3.52. The highest BCUT2D eigenvalue weighted by atomic mass is 16.5. The molecule has 1 aromatic carbocycles. The van der Waals surface area contributed by atoms with Crippen molar-refractivity contribution in [3.63, 3.8) is 0 Å². The molecule has 5 rings (SSSR count). The number of piperidine rings is 1. The Morgan fingerprint density at radius 3 is 2.90 bits per heavy atom. The number of benzene rings is 1. The lowest BCUT2D eigenvalue weighted by molar-refractivity contribution is -0.132. The van der Waals surface area contributed by atoms with Gasteiger partial charge in [0, 0.05) is 32.1 Å². The van der Waals surface area contributed by atoms with Crippen LogP contribution < -0.4 is 10.1 Å². The average Bonchev–Trinajstić information content (AvgIpc) is 3.23. The van der Waals surface area contributed by atoms with Crippen LogP contribution in [0.2, 0.25) is 0 Å². The van der Waals surface area contributed by atoms with Gasteiger partial charge in [-0.15, -0.1) is 10.2 Å². The first-order valence-corrected chi connectivity index (χ1v) is 10.4. The zero-order chi connectivity index (χ0) is 21.4. The largest absolute Gasteiger partial charge is 0.488 e. The van der Waals surface area contributed by atoms with Crippen LogP contribution in [0.1, 0.15) is 12.8 Å². The summed E-state index contributed by atoms with van der Waals surface area (Å²) in [6.45, 7) is 0.740. The maximum Gasteiger partial charge on any atom is 0.239 e. The number of hydrogen-bond donors (Lipinski definition) is 1. The summed E-state index contributed by atoms with van der Waals surface area (Å²) in [4.78, 5) is 18.9. The number of nitrogens with zero attached hydrogens (tertiary/aromatic N) is 5. The maximum absolute atomic E-state index is 12.4. The third kappa shape index (κ3) is 3.70. The van der Waals surface area contributed by atoms with Crippen molar-refractivity contribution in [3.8, 4) is 17.3 Å². The number of nitrogens with one attached hydrogen (secondary N) is 1. The van der Waals surface area contributed by atoms with E-state index in [0.717, 1.165) is 41.0 Å². The minimum atomic E-state index is -0.227. The molecule has 1 N–H and O–H groups in total. The van der Waals surface area contributed by atoms with Crippen molar-refractivity contribution in [3.05, 3.63) is 54.7 Å². The molecule has 1 saturated heterocycles. The van der Waals surface area contributed by atoms with Gasteiger partial charge in [0.25, 0.3) is 0 Å². The standard InChI is InChI=1S/C23H24N6O2/c1-28(2)23(30)18-14-16(11-12-24-18)31-19-7-5-6-15-9-10-17(25-21(15)19)22-27-26-20-8-3-4-13-29(20)22/h3-10,13,16,18,24H,11-12,14H2,1-2H3/t16-,18-/m0/s1. The van der Waals surface area contributed by atoms with Crippen LogP contribution in [-0.4, -0.2) is 63.2 Å². The molecule has 1 amide bonds. The summed E-state index contributed by atoms with van der Waals surface area (Å²) in [6.07, 6.45) is 3.33. The first kappa shape index (κ1) is 19.4. The molecule has 0 bridgehead atoms. The Balaban J connectivity index is 1.47. The molecule has 1 aliphatic rings. The van der Waals surface area contributed by atoms with Gasteiger partial charge in [-0.1, -0.05) is 24.3 Å². The molecule has 0 radical (unpaired) electrons. The molecule has 2 atom stereocenters. The highest BCUT2D eigenvalue weighted by Crippen LogP contribution is 2.29. The van der Waals surface area contributed by atoms with Crippen molar-refractivity contribution in [1.82, 2.24) is 29.8 Å². The minimum absolute atomic E-state index is 0.0554. The molecule has 1 aliphatic heterocycles. The van der Waals surface area contributed by atoms with Gasteiger partial charge < -0.3 is 15.0 Å². The lowest BCUT2D eigenvalue weighted by atomic mass is 10.0. The summed E-state index contributed by atoms with van der Waals surface area (Å²) in [5.74, 6) is 1.48. The molecule has 4 aromatic rings. The summed E-state index contributed by atoms with van der Waals surface area (Å²) in [6, 6.07) is 15.5. The van der Waals surface area contributed by atoms with Crippen LogP contribution in [-0.2, 0) is 4.79 Å². The van der Waals surface area contributed by atoms with E-state index in [0.29, 0.717) is 12.2 Å². The van der Waals surface area contributed by atoms with E-state index in [1.807, 2.05) is 59.1 Å². The number of para-hydroxylation sites is 1. The monoisotopic (exact) mass is 416 g/mol. The quantitative estimate of drug-likeness (QED) is 0.550. The van der Waals surface area contributed by atoms with Crippen LogP contribution in [0.5, 0.6) is 5.75 Å². The van der Waals surface area contributed by atoms with Crippen LogP contribution in [0.15, 0.2) is 54.7 Å². The molecule has 0 aliphatic carbocycles. The van der Waals surface area contributed by atoms with Gasteiger partial charge in [0.15, 0.2) is 11.5 Å². The number of likely N-dealkylation sites (N-methyl/N-ethyl adjacent to an activating group) is 1. The molecule has 31 heavy (non-hydrogen) atoms. The summed E-state index contributed by atoms with van der Waals surface area (Å²) in [7, 11) is 3.55. The second-order valence-electron chi connectivity index (χ2n) is 7.98. The fourth-order valence-corrected chi connectivity index (χ4v) is 4.02. The SMILES string of the molecule is CN(C)C(=O)[C@@H]1C[C@@H](Oc2cccc3ccc(-c4nnc5ccccn45)nc23)CCN1. The minimum Gasteiger partial charge on any atom is -0.488 e. The Bertz CT molecular complexity index is 1250. The third-order valence-corrected chi connectivity index (χ3v) is 5.61. The first-order valence-electron chi connectivity index (χ1n) is 10.4. The number of fused-ring (bicyclic) bond motifs is 2. The van der Waals surface area contributed by atoms with E-state index in [2.05, 4.69) is 15.5 Å². The average molecular weight is 416 g/mol. The number of amides is 1. The molecular formula is C23H24N6O2. The van der Waals surface area contributed by atoms with E-state index >= 15 is 0 Å². The Morgan fingerprint density at radius 2 is 2.03 bits per heavy atom. The lowest BCUT2D eigenvalue weighted by Gasteiger charge is -2.31. The van der Waals surface area contributed by atoms with Crippen molar-refractivity contribution in [2.75, 3.05) is 20.6 Å². The normalized spacial score (nSPS) is 18.9. The zero-order valence-electron chi connectivity index (χ0n) is 17.5. The molecule has 8 heteroatoms. The second-order valence-corrected chi connectivity index (χ2v) is 7.98. The molecule has 1 fully saturated rings. The fourth-order valence-electron chi connectivity index (χ4n) is 4.02. The number of ether oxygens (including phenoxy) is 1. The van der Waals surface area contributed by atoms with Gasteiger partial charge in [0.1, 0.15) is 23.1 Å². The van der Waals surface area contributed by atoms with Gasteiger partial charge in [-0.3, -0.25) is 9.20 Å². The number of carbonyl (C=O) groups excluding carboxylic acids is 1. The Morgan fingerprint density at radius 1 is 1.13 bits per heavy atom. The lowest BCUT2D eigenvalue weighted by Crippen LogP contribution is -2.50. The van der Waals surface area contributed by atoms with Crippen molar-refractivity contribution in [2.24, 2.45) is 0 Å². The number of hydrogen-bond acceptors (Lipinski definition) is 6. The molecule has 8 nitrogen and oxygen atoms in total. The number of pyridine rings is 2. The molecule has 3 aromatic heterocycles. The van der Waals surface area contributed by atoms with Crippen molar-refractivity contribution >= 4 is 22.5 Å². The van der Waals surface area contributed by atoms with E-state index in [-0.39, 0.29) is 18.1 Å². The van der Waals surface area contributed by atoms with E-state index in [1.54, 1.807) is 19.0 Å². The smallest absolute Gasteiger partial charge is 0.239 e. The van der Waals surface area contributed by atoms with Gasteiger partial charge in [0.05, 0.1) is 6.04 Å². The number of carbonyl (C=O) groups is 1. The summed E-state index contributed by atoms with van der Waals surface area (Å²) in [5, 5.41) is 12.8. The Kier molecular flexibility index (Phi) is 4.99. The van der Waals surface area contributed by atoms with Crippen molar-refractivity contribution in [1.29, 1.82) is 0 Å². The van der Waals surface area contributed by atoms with Crippen LogP contribution >= 0.6 is 0 Å². The van der Waals surface area contributed by atoms with E-state index in [9.17, 15) is 4.79 Å². The fraction of sp³-hybridized carbons (Fsp3) is 0.304. The van der Waals surface area contributed by atoms with Gasteiger partial charge >= 0.3 is 0 Å². The third-order valence-electron chi connectivity index (χ3n) is 5.61. The summed E-state index contributed by atoms with van der Waals surface area (Å²) < 4.78 is 8.29. The highest BCUT2D eigenvalue weighted by molar-refractivity contribution is 5.86. The summed E-state index contributed by atoms with van der Waals surface area (Å²) >= 11 is 0. The molecule has 0 unspecified atom stereocenters. The highest BCUT2D eigenvalue weighted by Gasteiger charge is 2.29. The van der Waals surface area contributed by atoms with E-state index < -0.39 is 0 Å². The van der Waals surface area contributed by atoms with Gasteiger partial charge in [-0.2, -0.15) is 0 Å². The zero-order valence-corrected chi connectivity index (χ0v) is 17.5. The number of rotatable bonds is 4. The maximum atomic E-state index is 12.4. The van der Waals surface area contributed by atoms with E-state index in [1.165, 1.54) is 0 Å². The van der Waals surface area contributed by atoms with Crippen molar-refractivity contribution < 1.29 is 9.53 Å². The van der Waals surface area contributed by atoms with Crippen LogP contribution in [0.3, 0.4) is 0 Å². The molecule has 4 heterocycles. The summed E-state index contributed by atoms with van der Waals surface area (Å²) in [5.41, 5.74) is 2.28. The first-order chi connectivity index (χ1) is 15.1. The predicted molar refractivity (Wildman–Crippen MR) is 118 cm³/mol. The molecule has 158 valence electrons. The Labute approximate surface area is 179 Å². The van der Waals surface area contributed by atoms with E-state index in [4.69, 9.17) is 9.72 Å². The molecule has 0 saturated carbocycles. The topological polar surface area (TPSA) is 84.7 Å². The predicted octanol–water partition coefficient (Wildman–Crippen LogP) is 2.53. The number of aromatic nitrogens is 4. The van der Waals surface area contributed by atoms with Crippen LogP contribution in [0, 0.1) is 0 Å².